The first kappa shape index (κ1) is 14.8. The number of hydrogen-bond acceptors (Lipinski definition) is 2. The standard InChI is InChI=1S/C14H18BrN3O2/c1-2-18(14(16)20)17-13(19)8-10-7-12(10)9-3-5-11(15)6-4-9/h3-6,10,12H,2,7-8H2,1H3,(H2,16,20)(H,17,19). The normalized spacial score (nSPS) is 20.3. The summed E-state index contributed by atoms with van der Waals surface area (Å²) < 4.78 is 1.05. The van der Waals surface area contributed by atoms with E-state index >= 15 is 0 Å². The van der Waals surface area contributed by atoms with Crippen LogP contribution in [0, 0.1) is 5.92 Å². The van der Waals surface area contributed by atoms with Crippen LogP contribution in [0.1, 0.15) is 31.2 Å². The Bertz CT molecular complexity index is 504. The summed E-state index contributed by atoms with van der Waals surface area (Å²) in [6.45, 7) is 2.12. The molecule has 0 aromatic heterocycles. The fourth-order valence-corrected chi connectivity index (χ4v) is 2.58. The first-order chi connectivity index (χ1) is 9.51. The van der Waals surface area contributed by atoms with Gasteiger partial charge in [0.1, 0.15) is 0 Å². The van der Waals surface area contributed by atoms with E-state index in [1.807, 2.05) is 12.1 Å². The van der Waals surface area contributed by atoms with Crippen LogP contribution in [0.15, 0.2) is 28.7 Å². The first-order valence-corrected chi connectivity index (χ1v) is 7.42. The van der Waals surface area contributed by atoms with Crippen LogP contribution in [0.25, 0.3) is 0 Å². The molecule has 1 aromatic rings. The lowest BCUT2D eigenvalue weighted by Gasteiger charge is -2.18. The summed E-state index contributed by atoms with van der Waals surface area (Å²) in [4.78, 5) is 22.8. The lowest BCUT2D eigenvalue weighted by atomic mass is 10.1. The highest BCUT2D eigenvalue weighted by Gasteiger charge is 2.39. The molecule has 2 atom stereocenters. The molecule has 3 N–H and O–H groups in total. The van der Waals surface area contributed by atoms with Gasteiger partial charge in [-0.2, -0.15) is 0 Å². The second-order valence-electron chi connectivity index (χ2n) is 4.98. The van der Waals surface area contributed by atoms with Crippen LogP contribution >= 0.6 is 15.9 Å². The quantitative estimate of drug-likeness (QED) is 0.826. The zero-order valence-corrected chi connectivity index (χ0v) is 12.9. The summed E-state index contributed by atoms with van der Waals surface area (Å²) in [5.41, 5.74) is 8.93. The number of halogens is 1. The molecule has 1 fully saturated rings. The second kappa shape index (κ2) is 6.26. The molecule has 5 nitrogen and oxygen atoms in total. The number of hydrazine groups is 1. The summed E-state index contributed by atoms with van der Waals surface area (Å²) in [7, 11) is 0. The number of primary amides is 1. The summed E-state index contributed by atoms with van der Waals surface area (Å²) >= 11 is 3.41. The monoisotopic (exact) mass is 339 g/mol. The Hall–Kier alpha value is -1.56. The topological polar surface area (TPSA) is 75.4 Å². The number of nitrogens with zero attached hydrogens (tertiary/aromatic N) is 1. The first-order valence-electron chi connectivity index (χ1n) is 6.63. The van der Waals surface area contributed by atoms with Crippen molar-refractivity contribution in [3.05, 3.63) is 34.3 Å². The minimum absolute atomic E-state index is 0.157. The molecule has 6 heteroatoms. The Labute approximate surface area is 126 Å². The molecule has 0 radical (unpaired) electrons. The number of amides is 3. The number of rotatable bonds is 4. The van der Waals surface area contributed by atoms with Gasteiger partial charge in [-0.3, -0.25) is 10.2 Å². The highest BCUT2D eigenvalue weighted by Crippen LogP contribution is 2.49. The zero-order valence-electron chi connectivity index (χ0n) is 11.3. The van der Waals surface area contributed by atoms with Crippen molar-refractivity contribution in [2.45, 2.75) is 25.7 Å². The third-order valence-corrected chi connectivity index (χ3v) is 4.04. The maximum absolute atomic E-state index is 11.8. The number of hydrogen-bond donors (Lipinski definition) is 2. The second-order valence-corrected chi connectivity index (χ2v) is 5.89. The van der Waals surface area contributed by atoms with E-state index < -0.39 is 6.03 Å². The highest BCUT2D eigenvalue weighted by atomic mass is 79.9. The third kappa shape index (κ3) is 3.72. The highest BCUT2D eigenvalue weighted by molar-refractivity contribution is 9.10. The van der Waals surface area contributed by atoms with Crippen LogP contribution in [-0.4, -0.2) is 23.5 Å². The molecule has 3 amide bonds. The SMILES string of the molecule is CCN(NC(=O)CC1CC1c1ccc(Br)cc1)C(N)=O. The van der Waals surface area contributed by atoms with Crippen molar-refractivity contribution >= 4 is 27.9 Å². The molecule has 108 valence electrons. The van der Waals surface area contributed by atoms with E-state index in [-0.39, 0.29) is 5.91 Å². The van der Waals surface area contributed by atoms with E-state index in [0.717, 1.165) is 15.9 Å². The van der Waals surface area contributed by atoms with Crippen LogP contribution < -0.4 is 11.2 Å². The van der Waals surface area contributed by atoms with Gasteiger partial charge >= 0.3 is 6.03 Å². The Morgan fingerprint density at radius 2 is 2.05 bits per heavy atom. The number of carbonyl (C=O) groups is 2. The van der Waals surface area contributed by atoms with E-state index in [1.54, 1.807) is 6.92 Å². The molecule has 1 aliphatic carbocycles. The lowest BCUT2D eigenvalue weighted by Crippen LogP contribution is -2.48. The molecule has 0 bridgehead atoms. The average Bonchev–Trinajstić information content (AvgIpc) is 3.15. The van der Waals surface area contributed by atoms with Crippen LogP contribution in [0.2, 0.25) is 0 Å². The molecule has 0 saturated heterocycles. The Kier molecular flexibility index (Phi) is 4.65. The van der Waals surface area contributed by atoms with Gasteiger partial charge in [-0.05, 0) is 42.9 Å². The maximum atomic E-state index is 11.8. The van der Waals surface area contributed by atoms with Crippen LogP contribution in [0.4, 0.5) is 4.79 Å². The molecule has 2 unspecified atom stereocenters. The van der Waals surface area contributed by atoms with E-state index in [1.165, 1.54) is 5.56 Å². The van der Waals surface area contributed by atoms with Gasteiger partial charge in [-0.15, -0.1) is 0 Å². The van der Waals surface area contributed by atoms with Crippen molar-refractivity contribution in [2.75, 3.05) is 6.54 Å². The van der Waals surface area contributed by atoms with Crippen LogP contribution in [-0.2, 0) is 4.79 Å². The van der Waals surface area contributed by atoms with E-state index in [0.29, 0.717) is 24.8 Å². The van der Waals surface area contributed by atoms with Crippen molar-refractivity contribution in [1.82, 2.24) is 10.4 Å². The molecule has 0 heterocycles. The van der Waals surface area contributed by atoms with Crippen molar-refractivity contribution in [2.24, 2.45) is 11.7 Å². The van der Waals surface area contributed by atoms with Gasteiger partial charge in [0, 0.05) is 17.4 Å². The van der Waals surface area contributed by atoms with Gasteiger partial charge in [0.15, 0.2) is 0 Å². The number of urea groups is 1. The molecule has 0 aliphatic heterocycles. The van der Waals surface area contributed by atoms with E-state index in [9.17, 15) is 9.59 Å². The third-order valence-electron chi connectivity index (χ3n) is 3.51. The maximum Gasteiger partial charge on any atom is 0.333 e. The Morgan fingerprint density at radius 3 is 2.60 bits per heavy atom. The number of nitrogens with two attached hydrogens (primary N) is 1. The van der Waals surface area contributed by atoms with Gasteiger partial charge in [0.2, 0.25) is 5.91 Å². The minimum Gasteiger partial charge on any atom is -0.350 e. The van der Waals surface area contributed by atoms with Crippen molar-refractivity contribution < 1.29 is 9.59 Å². The largest absolute Gasteiger partial charge is 0.350 e. The summed E-state index contributed by atoms with van der Waals surface area (Å²) in [5, 5.41) is 1.12. The molecule has 1 aromatic carbocycles. The molecule has 1 saturated carbocycles. The molecular weight excluding hydrogens is 322 g/mol. The van der Waals surface area contributed by atoms with Gasteiger partial charge in [-0.25, -0.2) is 9.80 Å². The molecule has 1 aliphatic rings. The smallest absolute Gasteiger partial charge is 0.333 e. The predicted octanol–water partition coefficient (Wildman–Crippen LogP) is 2.37. The number of carbonyl (C=O) groups excluding carboxylic acids is 2. The van der Waals surface area contributed by atoms with Gasteiger partial charge < -0.3 is 5.73 Å². The summed E-state index contributed by atoms with van der Waals surface area (Å²) in [6.07, 6.45) is 1.43. The molecule has 2 rings (SSSR count). The molecule has 0 spiro atoms. The van der Waals surface area contributed by atoms with Crippen molar-refractivity contribution in [3.63, 3.8) is 0 Å². The number of benzene rings is 1. The van der Waals surface area contributed by atoms with Crippen molar-refractivity contribution in [1.29, 1.82) is 0 Å². The van der Waals surface area contributed by atoms with Gasteiger partial charge in [-0.1, -0.05) is 28.1 Å². The van der Waals surface area contributed by atoms with Gasteiger partial charge in [0.25, 0.3) is 0 Å². The van der Waals surface area contributed by atoms with Gasteiger partial charge in [0.05, 0.1) is 0 Å². The Morgan fingerprint density at radius 1 is 1.40 bits per heavy atom. The fraction of sp³-hybridized carbons (Fsp3) is 0.429. The Balaban J connectivity index is 1.83. The lowest BCUT2D eigenvalue weighted by molar-refractivity contribution is -0.125. The van der Waals surface area contributed by atoms with E-state index in [4.69, 9.17) is 5.73 Å². The van der Waals surface area contributed by atoms with Crippen molar-refractivity contribution in [3.8, 4) is 0 Å². The fourth-order valence-electron chi connectivity index (χ4n) is 2.32. The molecule has 20 heavy (non-hydrogen) atoms. The average molecular weight is 340 g/mol. The van der Waals surface area contributed by atoms with Crippen LogP contribution in [0.3, 0.4) is 0 Å². The zero-order chi connectivity index (χ0) is 14.7. The summed E-state index contributed by atoms with van der Waals surface area (Å²) in [5.74, 6) is 0.635. The number of nitrogens with one attached hydrogen (secondary N) is 1. The predicted molar refractivity (Wildman–Crippen MR) is 79.7 cm³/mol. The minimum atomic E-state index is -0.638. The summed E-state index contributed by atoms with van der Waals surface area (Å²) in [6, 6.07) is 7.54. The van der Waals surface area contributed by atoms with E-state index in [2.05, 4.69) is 33.5 Å². The molecular formula is C14H18BrN3O2. The van der Waals surface area contributed by atoms with Crippen LogP contribution in [0.5, 0.6) is 0 Å².